The smallest absolute Gasteiger partial charge is 0.0999 e. The van der Waals surface area contributed by atoms with E-state index in [-0.39, 0.29) is 6.10 Å². The Morgan fingerprint density at radius 2 is 1.75 bits per heavy atom. The lowest BCUT2D eigenvalue weighted by Gasteiger charge is -2.25. The molecular weight excluding hydrogens is 402 g/mol. The molecule has 0 amide bonds. The second kappa shape index (κ2) is 8.86. The average Bonchev–Trinajstić information content (AvgIpc) is 3.56. The molecule has 0 saturated heterocycles. The van der Waals surface area contributed by atoms with Gasteiger partial charge in [0.2, 0.25) is 0 Å². The van der Waals surface area contributed by atoms with Gasteiger partial charge < -0.3 is 5.11 Å². The molecule has 8 nitrogen and oxygen atoms in total. The molecule has 0 unspecified atom stereocenters. The highest BCUT2D eigenvalue weighted by atomic mass is 16.3. The van der Waals surface area contributed by atoms with Crippen molar-refractivity contribution in [2.45, 2.75) is 71.1 Å². The van der Waals surface area contributed by atoms with Crippen LogP contribution in [0.4, 0.5) is 0 Å². The topological polar surface area (TPSA) is 86.1 Å². The Morgan fingerprint density at radius 1 is 0.969 bits per heavy atom. The highest BCUT2D eigenvalue weighted by Crippen LogP contribution is 2.29. The Labute approximate surface area is 187 Å². The molecule has 0 aromatic carbocycles. The number of hydrogen-bond acceptors (Lipinski definition) is 5. The van der Waals surface area contributed by atoms with Crippen molar-refractivity contribution in [1.82, 2.24) is 34.2 Å². The van der Waals surface area contributed by atoms with Crippen LogP contribution in [0.1, 0.15) is 58.4 Å². The lowest BCUT2D eigenvalue weighted by atomic mass is 9.87. The van der Waals surface area contributed by atoms with E-state index in [0.29, 0.717) is 12.0 Å². The summed E-state index contributed by atoms with van der Waals surface area (Å²) in [4.78, 5) is 5.01. The van der Waals surface area contributed by atoms with Crippen LogP contribution in [-0.4, -0.2) is 45.4 Å². The summed E-state index contributed by atoms with van der Waals surface area (Å²) in [5.41, 5.74) is 4.67. The lowest BCUT2D eigenvalue weighted by Crippen LogP contribution is -2.21. The van der Waals surface area contributed by atoms with Gasteiger partial charge >= 0.3 is 0 Å². The summed E-state index contributed by atoms with van der Waals surface area (Å²) >= 11 is 0. The monoisotopic (exact) mass is 433 g/mol. The average molecular weight is 434 g/mol. The van der Waals surface area contributed by atoms with Crippen LogP contribution in [0.5, 0.6) is 0 Å². The van der Waals surface area contributed by atoms with Crippen LogP contribution in [0.3, 0.4) is 0 Å². The van der Waals surface area contributed by atoms with Gasteiger partial charge in [0.05, 0.1) is 53.8 Å². The van der Waals surface area contributed by atoms with E-state index < -0.39 is 0 Å². The van der Waals surface area contributed by atoms with Crippen molar-refractivity contribution in [3.63, 3.8) is 0 Å². The molecule has 0 bridgehead atoms. The first-order valence-corrected chi connectivity index (χ1v) is 11.7. The molecule has 1 fully saturated rings. The van der Waals surface area contributed by atoms with Crippen molar-refractivity contribution in [2.75, 3.05) is 0 Å². The van der Waals surface area contributed by atoms with Crippen LogP contribution >= 0.6 is 0 Å². The van der Waals surface area contributed by atoms with Gasteiger partial charge in [0, 0.05) is 30.1 Å². The predicted molar refractivity (Wildman–Crippen MR) is 123 cm³/mol. The molecule has 4 aromatic rings. The summed E-state index contributed by atoms with van der Waals surface area (Å²) in [5.74, 6) is 0.569. The van der Waals surface area contributed by atoms with Crippen molar-refractivity contribution in [2.24, 2.45) is 5.92 Å². The minimum atomic E-state index is -0.128. The van der Waals surface area contributed by atoms with E-state index in [1.807, 2.05) is 33.9 Å². The number of aliphatic hydroxyl groups is 1. The van der Waals surface area contributed by atoms with Crippen LogP contribution < -0.4 is 0 Å². The molecule has 0 aliphatic heterocycles. The SMILES string of the molecule is CCC(CC)n1cc(-c2nc(-c3cnn(CC4CCC(O)CC4)c3)cn3nccc23)cn1. The highest BCUT2D eigenvalue weighted by molar-refractivity contribution is 5.78. The van der Waals surface area contributed by atoms with Gasteiger partial charge in [0.15, 0.2) is 0 Å². The van der Waals surface area contributed by atoms with Gasteiger partial charge in [-0.05, 0) is 50.5 Å². The second-order valence-corrected chi connectivity index (χ2v) is 8.94. The number of aromatic nitrogens is 7. The number of hydrogen-bond donors (Lipinski definition) is 1. The first-order chi connectivity index (χ1) is 15.6. The molecule has 1 saturated carbocycles. The zero-order chi connectivity index (χ0) is 22.1. The summed E-state index contributed by atoms with van der Waals surface area (Å²) in [5, 5.41) is 23.4. The molecular formula is C24H31N7O. The Morgan fingerprint density at radius 3 is 2.53 bits per heavy atom. The predicted octanol–water partition coefficient (Wildman–Crippen LogP) is 4.37. The van der Waals surface area contributed by atoms with Crippen LogP contribution in [0.25, 0.3) is 28.0 Å². The first kappa shape index (κ1) is 20.9. The third-order valence-corrected chi connectivity index (χ3v) is 6.77. The van der Waals surface area contributed by atoms with Crippen molar-refractivity contribution in [3.05, 3.63) is 43.2 Å². The first-order valence-electron chi connectivity index (χ1n) is 11.7. The van der Waals surface area contributed by atoms with Crippen LogP contribution in [0.2, 0.25) is 0 Å². The van der Waals surface area contributed by atoms with Crippen molar-refractivity contribution in [1.29, 1.82) is 0 Å². The Balaban J connectivity index is 1.44. The maximum Gasteiger partial charge on any atom is 0.0999 e. The summed E-state index contributed by atoms with van der Waals surface area (Å²) in [6, 6.07) is 2.38. The van der Waals surface area contributed by atoms with E-state index in [2.05, 4.69) is 46.2 Å². The van der Waals surface area contributed by atoms with Crippen molar-refractivity contribution < 1.29 is 5.11 Å². The molecule has 1 aliphatic carbocycles. The maximum atomic E-state index is 9.75. The largest absolute Gasteiger partial charge is 0.393 e. The minimum Gasteiger partial charge on any atom is -0.393 e. The molecule has 4 aromatic heterocycles. The van der Waals surface area contributed by atoms with E-state index in [1.165, 1.54) is 0 Å². The molecule has 1 aliphatic rings. The lowest BCUT2D eigenvalue weighted by molar-refractivity contribution is 0.103. The quantitative estimate of drug-likeness (QED) is 0.468. The zero-order valence-corrected chi connectivity index (χ0v) is 18.8. The van der Waals surface area contributed by atoms with Gasteiger partial charge in [-0.3, -0.25) is 9.36 Å². The molecule has 4 heterocycles. The number of rotatable bonds is 7. The molecule has 5 rings (SSSR count). The summed E-state index contributed by atoms with van der Waals surface area (Å²) in [6.45, 7) is 5.26. The van der Waals surface area contributed by atoms with E-state index in [0.717, 1.165) is 73.1 Å². The van der Waals surface area contributed by atoms with E-state index in [4.69, 9.17) is 4.98 Å². The van der Waals surface area contributed by atoms with Gasteiger partial charge in [-0.15, -0.1) is 0 Å². The fourth-order valence-corrected chi connectivity index (χ4v) is 4.79. The second-order valence-electron chi connectivity index (χ2n) is 8.94. The third-order valence-electron chi connectivity index (χ3n) is 6.77. The van der Waals surface area contributed by atoms with E-state index in [1.54, 1.807) is 6.20 Å². The van der Waals surface area contributed by atoms with Gasteiger partial charge in [-0.25, -0.2) is 9.50 Å². The van der Waals surface area contributed by atoms with E-state index >= 15 is 0 Å². The van der Waals surface area contributed by atoms with E-state index in [9.17, 15) is 5.11 Å². The maximum absolute atomic E-state index is 9.75. The Bertz CT molecular complexity index is 1180. The van der Waals surface area contributed by atoms with Gasteiger partial charge in [0.1, 0.15) is 0 Å². The number of fused-ring (bicyclic) bond motifs is 1. The molecule has 0 radical (unpaired) electrons. The summed E-state index contributed by atoms with van der Waals surface area (Å²) in [6.07, 6.45) is 17.6. The third kappa shape index (κ3) is 4.07. The number of nitrogens with zero attached hydrogens (tertiary/aromatic N) is 7. The normalized spacial score (nSPS) is 19.2. The molecule has 8 heteroatoms. The van der Waals surface area contributed by atoms with Crippen LogP contribution in [-0.2, 0) is 6.54 Å². The standard InChI is InChI=1S/C24H31N7O/c1-3-20(4-2)30-15-19(12-27-30)24-23-9-10-25-31(23)16-22(28-24)18-11-26-29(14-18)13-17-5-7-21(32)8-6-17/h9-12,14-17,20-21,32H,3-8,13H2,1-2H3. The Kier molecular flexibility index (Phi) is 5.78. The van der Waals surface area contributed by atoms with Gasteiger partial charge in [-0.2, -0.15) is 15.3 Å². The molecule has 0 atom stereocenters. The summed E-state index contributed by atoms with van der Waals surface area (Å²) in [7, 11) is 0. The summed E-state index contributed by atoms with van der Waals surface area (Å²) < 4.78 is 5.94. The van der Waals surface area contributed by atoms with Crippen LogP contribution in [0.15, 0.2) is 43.2 Å². The zero-order valence-electron chi connectivity index (χ0n) is 18.8. The fraction of sp³-hybridized carbons (Fsp3) is 0.500. The fourth-order valence-electron chi connectivity index (χ4n) is 4.79. The number of aliphatic hydroxyl groups excluding tert-OH is 1. The molecule has 0 spiro atoms. The van der Waals surface area contributed by atoms with Crippen LogP contribution in [0, 0.1) is 5.92 Å². The molecule has 1 N–H and O–H groups in total. The van der Waals surface area contributed by atoms with Crippen molar-refractivity contribution >= 4 is 5.52 Å². The van der Waals surface area contributed by atoms with Crippen molar-refractivity contribution in [3.8, 4) is 22.5 Å². The minimum absolute atomic E-state index is 0.128. The molecule has 168 valence electrons. The van der Waals surface area contributed by atoms with Gasteiger partial charge in [-0.1, -0.05) is 13.8 Å². The highest BCUT2D eigenvalue weighted by Gasteiger charge is 2.20. The molecule has 32 heavy (non-hydrogen) atoms. The Hall–Kier alpha value is -3.00. The van der Waals surface area contributed by atoms with Gasteiger partial charge in [0.25, 0.3) is 0 Å².